The smallest absolute Gasteiger partial charge is 0.291 e. The monoisotopic (exact) mass is 414 g/mol. The molecule has 7 heteroatoms. The number of carbonyl (C=O) groups excluding carboxylic acids is 1. The van der Waals surface area contributed by atoms with Crippen LogP contribution in [-0.4, -0.2) is 16.0 Å². The maximum Gasteiger partial charge on any atom is 0.291 e. The Morgan fingerprint density at radius 1 is 1.16 bits per heavy atom. The van der Waals surface area contributed by atoms with Gasteiger partial charge in [-0.05, 0) is 58.4 Å². The summed E-state index contributed by atoms with van der Waals surface area (Å²) in [7, 11) is 0. The molecule has 0 spiro atoms. The van der Waals surface area contributed by atoms with E-state index < -0.39 is 0 Å². The third kappa shape index (κ3) is 3.16. The van der Waals surface area contributed by atoms with Crippen LogP contribution < -0.4 is 5.32 Å². The molecule has 2 aromatic carbocycles. The molecule has 2 N–H and O–H groups in total. The first-order chi connectivity index (χ1) is 12.1. The minimum Gasteiger partial charge on any atom is -0.507 e. The Balaban J connectivity index is 1.67. The standard InChI is InChI=1S/C18H11BrN2O3S/c19-16-8-7-14(24-16)17(23)20-10-5-6-13(22)11(9-10)18-21-12-3-1-2-4-15(12)25-18/h1-9,22H,(H,20,23). The summed E-state index contributed by atoms with van der Waals surface area (Å²) in [6.45, 7) is 0. The Morgan fingerprint density at radius 3 is 2.76 bits per heavy atom. The Kier molecular flexibility index (Phi) is 4.03. The lowest BCUT2D eigenvalue weighted by Gasteiger charge is -2.07. The van der Waals surface area contributed by atoms with E-state index in [9.17, 15) is 9.90 Å². The number of hydrogen-bond donors (Lipinski definition) is 2. The molecule has 0 saturated heterocycles. The third-order valence-electron chi connectivity index (χ3n) is 3.58. The summed E-state index contributed by atoms with van der Waals surface area (Å²) in [6, 6.07) is 15.9. The fourth-order valence-electron chi connectivity index (χ4n) is 2.40. The Labute approximate surface area is 155 Å². The summed E-state index contributed by atoms with van der Waals surface area (Å²) in [5, 5.41) is 13.6. The number of phenols is 1. The lowest BCUT2D eigenvalue weighted by Crippen LogP contribution is -2.10. The maximum atomic E-state index is 12.2. The van der Waals surface area contributed by atoms with E-state index in [1.807, 2.05) is 24.3 Å². The molecular weight excluding hydrogens is 404 g/mol. The number of aromatic hydroxyl groups is 1. The van der Waals surface area contributed by atoms with Gasteiger partial charge < -0.3 is 14.8 Å². The van der Waals surface area contributed by atoms with Crippen LogP contribution in [0.5, 0.6) is 5.75 Å². The van der Waals surface area contributed by atoms with Crippen molar-refractivity contribution in [3.8, 4) is 16.3 Å². The lowest BCUT2D eigenvalue weighted by atomic mass is 10.2. The molecule has 0 bridgehead atoms. The van der Waals surface area contributed by atoms with E-state index >= 15 is 0 Å². The molecule has 0 aliphatic carbocycles. The summed E-state index contributed by atoms with van der Waals surface area (Å²) in [6.07, 6.45) is 0. The van der Waals surface area contributed by atoms with Crippen LogP contribution in [0.3, 0.4) is 0 Å². The molecule has 0 fully saturated rings. The van der Waals surface area contributed by atoms with Crippen LogP contribution in [0.15, 0.2) is 63.7 Å². The molecule has 0 radical (unpaired) electrons. The Morgan fingerprint density at radius 2 is 2.00 bits per heavy atom. The first-order valence-corrected chi connectivity index (χ1v) is 8.97. The number of anilines is 1. The van der Waals surface area contributed by atoms with Crippen molar-refractivity contribution in [3.05, 3.63) is 65.0 Å². The zero-order valence-electron chi connectivity index (χ0n) is 12.7. The number of thiazole rings is 1. The number of aromatic nitrogens is 1. The highest BCUT2D eigenvalue weighted by Crippen LogP contribution is 2.36. The van der Waals surface area contributed by atoms with E-state index in [0.29, 0.717) is 20.9 Å². The molecule has 124 valence electrons. The molecule has 0 unspecified atom stereocenters. The van der Waals surface area contributed by atoms with E-state index in [0.717, 1.165) is 10.2 Å². The predicted molar refractivity (Wildman–Crippen MR) is 101 cm³/mol. The second-order valence-electron chi connectivity index (χ2n) is 5.28. The van der Waals surface area contributed by atoms with Crippen molar-refractivity contribution < 1.29 is 14.3 Å². The van der Waals surface area contributed by atoms with Crippen LogP contribution in [0.2, 0.25) is 0 Å². The Hall–Kier alpha value is -2.64. The van der Waals surface area contributed by atoms with Crippen LogP contribution in [0.1, 0.15) is 10.6 Å². The van der Waals surface area contributed by atoms with E-state index in [4.69, 9.17) is 4.42 Å². The topological polar surface area (TPSA) is 75.4 Å². The van der Waals surface area contributed by atoms with Crippen molar-refractivity contribution in [2.24, 2.45) is 0 Å². The largest absolute Gasteiger partial charge is 0.507 e. The van der Waals surface area contributed by atoms with Crippen molar-refractivity contribution >= 4 is 49.1 Å². The number of amides is 1. The highest BCUT2D eigenvalue weighted by molar-refractivity contribution is 9.10. The second-order valence-corrected chi connectivity index (χ2v) is 7.09. The molecule has 4 rings (SSSR count). The number of furan rings is 1. The molecule has 5 nitrogen and oxygen atoms in total. The van der Waals surface area contributed by atoms with Crippen molar-refractivity contribution in [2.45, 2.75) is 0 Å². The average molecular weight is 415 g/mol. The van der Waals surface area contributed by atoms with E-state index in [1.165, 1.54) is 17.4 Å². The number of phenolic OH excluding ortho intramolecular Hbond substituents is 1. The molecule has 0 aliphatic rings. The third-order valence-corrected chi connectivity index (χ3v) is 5.07. The number of benzene rings is 2. The van der Waals surface area contributed by atoms with Crippen molar-refractivity contribution in [1.82, 2.24) is 4.98 Å². The highest BCUT2D eigenvalue weighted by Gasteiger charge is 2.14. The summed E-state index contributed by atoms with van der Waals surface area (Å²) >= 11 is 4.65. The molecule has 0 atom stereocenters. The second kappa shape index (κ2) is 6.34. The van der Waals surface area contributed by atoms with Gasteiger partial charge in [0.05, 0.1) is 15.8 Å². The molecule has 0 saturated carbocycles. The van der Waals surface area contributed by atoms with Crippen LogP contribution in [0, 0.1) is 0 Å². The lowest BCUT2D eigenvalue weighted by molar-refractivity contribution is 0.0995. The van der Waals surface area contributed by atoms with E-state index in [2.05, 4.69) is 26.2 Å². The average Bonchev–Trinajstić information content (AvgIpc) is 3.22. The fraction of sp³-hybridized carbons (Fsp3) is 0. The summed E-state index contributed by atoms with van der Waals surface area (Å²) in [5.41, 5.74) is 1.99. The summed E-state index contributed by atoms with van der Waals surface area (Å²) < 4.78 is 6.76. The number of para-hydroxylation sites is 1. The highest BCUT2D eigenvalue weighted by atomic mass is 79.9. The summed E-state index contributed by atoms with van der Waals surface area (Å²) in [4.78, 5) is 16.7. The van der Waals surface area contributed by atoms with Gasteiger partial charge in [-0.1, -0.05) is 12.1 Å². The SMILES string of the molecule is O=C(Nc1ccc(O)c(-c2nc3ccccc3s2)c1)c1ccc(Br)o1. The van der Waals surface area contributed by atoms with Crippen LogP contribution in [0.4, 0.5) is 5.69 Å². The molecule has 2 heterocycles. The van der Waals surface area contributed by atoms with Gasteiger partial charge in [0, 0.05) is 5.69 Å². The number of rotatable bonds is 3. The zero-order valence-corrected chi connectivity index (χ0v) is 15.1. The number of halogens is 1. The van der Waals surface area contributed by atoms with Crippen molar-refractivity contribution in [2.75, 3.05) is 5.32 Å². The first kappa shape index (κ1) is 15.9. The van der Waals surface area contributed by atoms with Gasteiger partial charge in [0.1, 0.15) is 10.8 Å². The minimum absolute atomic E-state index is 0.109. The van der Waals surface area contributed by atoms with Gasteiger partial charge in [-0.15, -0.1) is 11.3 Å². The number of nitrogens with one attached hydrogen (secondary N) is 1. The Bertz CT molecular complexity index is 1050. The molecule has 2 aromatic heterocycles. The number of nitrogens with zero attached hydrogens (tertiary/aromatic N) is 1. The normalized spacial score (nSPS) is 10.9. The molecule has 0 aliphatic heterocycles. The van der Waals surface area contributed by atoms with Gasteiger partial charge in [-0.2, -0.15) is 0 Å². The molecule has 25 heavy (non-hydrogen) atoms. The minimum atomic E-state index is -0.369. The molecule has 1 amide bonds. The number of fused-ring (bicyclic) bond motifs is 1. The summed E-state index contributed by atoms with van der Waals surface area (Å²) in [5.74, 6) is -0.0640. The molecular formula is C18H11BrN2O3S. The van der Waals surface area contributed by atoms with Crippen molar-refractivity contribution in [1.29, 1.82) is 0 Å². The van der Waals surface area contributed by atoms with Gasteiger partial charge in [0.15, 0.2) is 10.4 Å². The first-order valence-electron chi connectivity index (χ1n) is 7.36. The van der Waals surface area contributed by atoms with Crippen LogP contribution >= 0.6 is 27.3 Å². The fourth-order valence-corrected chi connectivity index (χ4v) is 3.70. The number of carbonyl (C=O) groups is 1. The van der Waals surface area contributed by atoms with Gasteiger partial charge in [-0.25, -0.2) is 4.98 Å². The maximum absolute atomic E-state index is 12.2. The predicted octanol–water partition coefficient (Wildman–Crippen LogP) is 5.28. The van der Waals surface area contributed by atoms with E-state index in [-0.39, 0.29) is 17.4 Å². The van der Waals surface area contributed by atoms with Gasteiger partial charge in [0.25, 0.3) is 5.91 Å². The van der Waals surface area contributed by atoms with Gasteiger partial charge >= 0.3 is 0 Å². The zero-order chi connectivity index (χ0) is 17.4. The van der Waals surface area contributed by atoms with Gasteiger partial charge in [0.2, 0.25) is 0 Å². The van der Waals surface area contributed by atoms with Crippen LogP contribution in [0.25, 0.3) is 20.8 Å². The van der Waals surface area contributed by atoms with Gasteiger partial charge in [-0.3, -0.25) is 4.79 Å². The van der Waals surface area contributed by atoms with Crippen molar-refractivity contribution in [3.63, 3.8) is 0 Å². The molecule has 4 aromatic rings. The van der Waals surface area contributed by atoms with Crippen LogP contribution in [-0.2, 0) is 0 Å². The number of hydrogen-bond acceptors (Lipinski definition) is 5. The quantitative estimate of drug-likeness (QED) is 0.447. The van der Waals surface area contributed by atoms with E-state index in [1.54, 1.807) is 24.3 Å².